The minimum atomic E-state index is -0.912. The van der Waals surface area contributed by atoms with Crippen molar-refractivity contribution in [3.8, 4) is 0 Å². The van der Waals surface area contributed by atoms with Crippen LogP contribution >= 0.6 is 27.5 Å². The zero-order chi connectivity index (χ0) is 9.14. The molecule has 0 atom stereocenters. The van der Waals surface area contributed by atoms with E-state index < -0.39 is 5.97 Å². The lowest BCUT2D eigenvalue weighted by atomic mass is 10.3. The van der Waals surface area contributed by atoms with Gasteiger partial charge >= 0.3 is 5.97 Å². The van der Waals surface area contributed by atoms with Gasteiger partial charge in [0.1, 0.15) is 0 Å². The quantitative estimate of drug-likeness (QED) is 0.875. The maximum Gasteiger partial charge on any atom is 0.309 e. The molecule has 64 valence electrons. The number of pyridine rings is 1. The smallest absolute Gasteiger partial charge is 0.309 e. The first-order chi connectivity index (χ1) is 5.59. The summed E-state index contributed by atoms with van der Waals surface area (Å²) in [5, 5.41) is 8.95. The predicted octanol–water partition coefficient (Wildman–Crippen LogP) is 2.12. The predicted molar refractivity (Wildman–Crippen MR) is 48.3 cm³/mol. The molecule has 0 saturated carbocycles. The molecule has 0 spiro atoms. The molecule has 1 heterocycles. The van der Waals surface area contributed by atoms with Crippen LogP contribution in [0.2, 0.25) is 5.02 Å². The normalized spacial score (nSPS) is 9.83. The Morgan fingerprint density at radius 1 is 1.75 bits per heavy atom. The molecular weight excluding hydrogens is 245 g/mol. The Kier molecular flexibility index (Phi) is 3.05. The van der Waals surface area contributed by atoms with Crippen LogP contribution in [0.5, 0.6) is 0 Å². The van der Waals surface area contributed by atoms with E-state index in [4.69, 9.17) is 16.7 Å². The SMILES string of the molecule is O=C(O)Cc1ncc(Cl)cc1Br. The van der Waals surface area contributed by atoms with Crippen LogP contribution in [0, 0.1) is 0 Å². The highest BCUT2D eigenvalue weighted by Gasteiger charge is 2.06. The van der Waals surface area contributed by atoms with Gasteiger partial charge in [-0.3, -0.25) is 9.78 Å². The molecule has 1 rings (SSSR count). The largest absolute Gasteiger partial charge is 0.481 e. The van der Waals surface area contributed by atoms with Crippen LogP contribution in [0.1, 0.15) is 5.69 Å². The standard InChI is InChI=1S/C7H5BrClNO2/c8-5-1-4(9)3-10-6(5)2-7(11)12/h1,3H,2H2,(H,11,12). The topological polar surface area (TPSA) is 50.2 Å². The van der Waals surface area contributed by atoms with Gasteiger partial charge in [-0.25, -0.2) is 0 Å². The number of carboxylic acid groups (broad SMARTS) is 1. The Hall–Kier alpha value is -0.610. The highest BCUT2D eigenvalue weighted by molar-refractivity contribution is 9.10. The van der Waals surface area contributed by atoms with E-state index in [2.05, 4.69) is 20.9 Å². The van der Waals surface area contributed by atoms with E-state index in [1.807, 2.05) is 0 Å². The van der Waals surface area contributed by atoms with Gasteiger partial charge in [0.25, 0.3) is 0 Å². The molecule has 5 heteroatoms. The first kappa shape index (κ1) is 9.48. The molecule has 0 bridgehead atoms. The van der Waals surface area contributed by atoms with E-state index in [0.717, 1.165) is 0 Å². The lowest BCUT2D eigenvalue weighted by Gasteiger charge is -1.99. The second-order valence-corrected chi connectivity index (χ2v) is 3.44. The van der Waals surface area contributed by atoms with Crippen molar-refractivity contribution in [2.75, 3.05) is 0 Å². The number of rotatable bonds is 2. The van der Waals surface area contributed by atoms with E-state index in [0.29, 0.717) is 15.2 Å². The number of nitrogens with zero attached hydrogens (tertiary/aromatic N) is 1. The van der Waals surface area contributed by atoms with Gasteiger partial charge in [-0.05, 0) is 22.0 Å². The molecule has 0 aliphatic heterocycles. The van der Waals surface area contributed by atoms with Gasteiger partial charge in [0.05, 0.1) is 17.1 Å². The van der Waals surface area contributed by atoms with Crippen LogP contribution in [0.3, 0.4) is 0 Å². The van der Waals surface area contributed by atoms with E-state index in [9.17, 15) is 4.79 Å². The molecule has 1 aromatic heterocycles. The average Bonchev–Trinajstić information content (AvgIpc) is 1.94. The minimum Gasteiger partial charge on any atom is -0.481 e. The van der Waals surface area contributed by atoms with Gasteiger partial charge < -0.3 is 5.11 Å². The maximum atomic E-state index is 10.3. The lowest BCUT2D eigenvalue weighted by Crippen LogP contribution is -2.02. The number of hydrogen-bond donors (Lipinski definition) is 1. The Labute approximate surface area is 82.5 Å². The lowest BCUT2D eigenvalue weighted by molar-refractivity contribution is -0.136. The summed E-state index contributed by atoms with van der Waals surface area (Å²) in [6, 6.07) is 1.62. The second-order valence-electron chi connectivity index (χ2n) is 2.15. The summed E-state index contributed by atoms with van der Waals surface area (Å²) in [5.41, 5.74) is 0.479. The summed E-state index contributed by atoms with van der Waals surface area (Å²) in [4.78, 5) is 14.2. The molecule has 3 nitrogen and oxygen atoms in total. The third-order valence-corrected chi connectivity index (χ3v) is 2.10. The summed E-state index contributed by atoms with van der Waals surface area (Å²) < 4.78 is 0.623. The zero-order valence-corrected chi connectivity index (χ0v) is 8.26. The molecule has 12 heavy (non-hydrogen) atoms. The average molecular weight is 250 g/mol. The molecule has 0 aliphatic carbocycles. The van der Waals surface area contributed by atoms with Gasteiger partial charge in [0.2, 0.25) is 0 Å². The third-order valence-electron chi connectivity index (χ3n) is 1.20. The van der Waals surface area contributed by atoms with Gasteiger partial charge in [-0.1, -0.05) is 11.6 Å². The van der Waals surface area contributed by atoms with Gasteiger partial charge in [0, 0.05) is 10.7 Å². The molecule has 0 fully saturated rings. The first-order valence-electron chi connectivity index (χ1n) is 3.11. The molecule has 0 aliphatic rings. The molecule has 0 radical (unpaired) electrons. The van der Waals surface area contributed by atoms with E-state index in [1.165, 1.54) is 6.20 Å². The number of aromatic nitrogens is 1. The van der Waals surface area contributed by atoms with Crippen molar-refractivity contribution in [1.82, 2.24) is 4.98 Å². The van der Waals surface area contributed by atoms with E-state index in [-0.39, 0.29) is 6.42 Å². The maximum absolute atomic E-state index is 10.3. The Morgan fingerprint density at radius 3 is 2.92 bits per heavy atom. The number of carboxylic acids is 1. The second kappa shape index (κ2) is 3.87. The Morgan fingerprint density at radius 2 is 2.42 bits per heavy atom. The molecule has 1 aromatic rings. The fourth-order valence-electron chi connectivity index (χ4n) is 0.716. The van der Waals surface area contributed by atoms with Crippen molar-refractivity contribution in [3.63, 3.8) is 0 Å². The summed E-state index contributed by atoms with van der Waals surface area (Å²) in [6.45, 7) is 0. The molecule has 0 amide bonds. The number of carbonyl (C=O) groups is 1. The van der Waals surface area contributed by atoms with Crippen LogP contribution in [-0.4, -0.2) is 16.1 Å². The zero-order valence-electron chi connectivity index (χ0n) is 5.92. The summed E-state index contributed by atoms with van der Waals surface area (Å²) in [6.07, 6.45) is 1.32. The molecule has 0 unspecified atom stereocenters. The fourth-order valence-corrected chi connectivity index (χ4v) is 1.50. The van der Waals surface area contributed by atoms with E-state index in [1.54, 1.807) is 6.07 Å². The van der Waals surface area contributed by atoms with Crippen LogP contribution in [-0.2, 0) is 11.2 Å². The third kappa shape index (κ3) is 2.46. The van der Waals surface area contributed by atoms with Crippen molar-refractivity contribution in [3.05, 3.63) is 27.5 Å². The molecule has 0 aromatic carbocycles. The van der Waals surface area contributed by atoms with Crippen molar-refractivity contribution in [2.24, 2.45) is 0 Å². The van der Waals surface area contributed by atoms with Crippen LogP contribution in [0.15, 0.2) is 16.7 Å². The minimum absolute atomic E-state index is 0.0995. The van der Waals surface area contributed by atoms with Gasteiger partial charge in [0.15, 0.2) is 0 Å². The Balaban J connectivity index is 2.93. The molecule has 0 saturated heterocycles. The van der Waals surface area contributed by atoms with Crippen LogP contribution in [0.25, 0.3) is 0 Å². The molecule has 1 N–H and O–H groups in total. The summed E-state index contributed by atoms with van der Waals surface area (Å²) in [5.74, 6) is -0.912. The van der Waals surface area contributed by atoms with E-state index >= 15 is 0 Å². The highest BCUT2D eigenvalue weighted by atomic mass is 79.9. The number of hydrogen-bond acceptors (Lipinski definition) is 2. The first-order valence-corrected chi connectivity index (χ1v) is 4.28. The van der Waals surface area contributed by atoms with Gasteiger partial charge in [-0.15, -0.1) is 0 Å². The van der Waals surface area contributed by atoms with Crippen molar-refractivity contribution >= 4 is 33.5 Å². The Bertz CT molecular complexity index is 316. The molecular formula is C7H5BrClNO2. The van der Waals surface area contributed by atoms with Crippen LogP contribution in [0.4, 0.5) is 0 Å². The monoisotopic (exact) mass is 249 g/mol. The fraction of sp³-hybridized carbons (Fsp3) is 0.143. The van der Waals surface area contributed by atoms with Crippen molar-refractivity contribution in [2.45, 2.75) is 6.42 Å². The van der Waals surface area contributed by atoms with Gasteiger partial charge in [-0.2, -0.15) is 0 Å². The van der Waals surface area contributed by atoms with Crippen LogP contribution < -0.4 is 0 Å². The van der Waals surface area contributed by atoms with Crippen molar-refractivity contribution in [1.29, 1.82) is 0 Å². The number of aliphatic carboxylic acids is 1. The number of halogens is 2. The summed E-state index contributed by atoms with van der Waals surface area (Å²) in [7, 11) is 0. The summed E-state index contributed by atoms with van der Waals surface area (Å²) >= 11 is 8.78. The van der Waals surface area contributed by atoms with Crippen molar-refractivity contribution < 1.29 is 9.90 Å². The highest BCUT2D eigenvalue weighted by Crippen LogP contribution is 2.19.